The predicted octanol–water partition coefficient (Wildman–Crippen LogP) is 6.02. The van der Waals surface area contributed by atoms with E-state index in [1.165, 1.54) is 6.20 Å². The molecule has 19 nitrogen and oxygen atoms in total. The highest BCUT2D eigenvalue weighted by Gasteiger charge is 2.29. The number of morpholine rings is 1. The predicted molar refractivity (Wildman–Crippen MR) is 283 cm³/mol. The van der Waals surface area contributed by atoms with E-state index in [0.717, 1.165) is 42.7 Å². The maximum absolute atomic E-state index is 13.7. The third kappa shape index (κ3) is 19.6. The fourth-order valence-corrected chi connectivity index (χ4v) is 8.48. The van der Waals surface area contributed by atoms with Gasteiger partial charge in [-0.15, -0.1) is 0 Å². The molecule has 3 atom stereocenters. The zero-order valence-corrected chi connectivity index (χ0v) is 44.2. The molecule has 398 valence electrons. The van der Waals surface area contributed by atoms with Crippen molar-refractivity contribution in [3.8, 4) is 17.0 Å². The monoisotopic (exact) mass is 1080 g/mol. The number of Topliss-reactive ketones (excluding diaryl/α,β-unsaturated/α-hetero) is 3. The van der Waals surface area contributed by atoms with Crippen molar-refractivity contribution in [2.75, 3.05) is 55.4 Å². The van der Waals surface area contributed by atoms with Crippen LogP contribution in [0.25, 0.3) is 11.3 Å². The topological polar surface area (TPSA) is 277 Å². The van der Waals surface area contributed by atoms with Crippen LogP contribution in [0, 0.1) is 11.8 Å². The number of hydrogen-bond donors (Lipinski definition) is 5. The Kier molecular flexibility index (Phi) is 23.9. The molecule has 7 N–H and O–H groups in total. The first-order valence-electron chi connectivity index (χ1n) is 25.2. The SMILES string of the molecule is CC(CCC(=O)OCc1ccc(CC(=O)[C@H](CCCNC(N)=O)NC(=O)[C@@H](CC(=O)CCCCCNC(=O)CBr)C(C)C)cc1)Oc1ccc(-c2cnc(N)c(C(=O)Cc3cnccc3N3CCOCC3)n2)cc1. The lowest BCUT2D eigenvalue weighted by molar-refractivity contribution is -0.145. The van der Waals surface area contributed by atoms with E-state index in [0.29, 0.717) is 68.0 Å². The van der Waals surface area contributed by atoms with Gasteiger partial charge < -0.3 is 46.5 Å². The number of pyridine rings is 1. The number of primary amides is 1. The second kappa shape index (κ2) is 30.4. The molecule has 1 aliphatic heterocycles. The quantitative estimate of drug-likeness (QED) is 0.0167. The number of carbonyl (C=O) groups is 7. The number of hydrogen-bond acceptors (Lipinski definition) is 15. The summed E-state index contributed by atoms with van der Waals surface area (Å²) in [5.41, 5.74) is 15.8. The lowest BCUT2D eigenvalue weighted by Crippen LogP contribution is -2.46. The molecule has 5 rings (SSSR count). The zero-order chi connectivity index (χ0) is 53.4. The van der Waals surface area contributed by atoms with Crippen LogP contribution in [0.4, 0.5) is 16.3 Å². The van der Waals surface area contributed by atoms with Crippen LogP contribution in [0.5, 0.6) is 5.75 Å². The van der Waals surface area contributed by atoms with E-state index in [2.05, 4.69) is 51.7 Å². The van der Waals surface area contributed by atoms with E-state index in [1.54, 1.807) is 48.8 Å². The van der Waals surface area contributed by atoms with Gasteiger partial charge in [-0.25, -0.2) is 14.8 Å². The van der Waals surface area contributed by atoms with E-state index in [9.17, 15) is 33.6 Å². The average molecular weight is 1090 g/mol. The second-order valence-electron chi connectivity index (χ2n) is 18.7. The van der Waals surface area contributed by atoms with Crippen LogP contribution in [0.2, 0.25) is 0 Å². The third-order valence-corrected chi connectivity index (χ3v) is 13.0. The Morgan fingerprint density at radius 1 is 0.824 bits per heavy atom. The number of carbonyl (C=O) groups excluding carboxylic acids is 7. The molecule has 1 saturated heterocycles. The highest BCUT2D eigenvalue weighted by atomic mass is 79.9. The maximum atomic E-state index is 13.7. The number of halogens is 1. The summed E-state index contributed by atoms with van der Waals surface area (Å²) < 4.78 is 17.1. The first-order chi connectivity index (χ1) is 35.6. The standard InChI is InChI=1S/C54H70BrN9O10/c1-35(2)43(30-41(65)8-5-4-6-21-59-49(68)31-55)53(70)63-44(9-7-22-60-54(57)71)47(66)28-37-11-13-38(14-12-37)34-73-50(69)19-10-36(3)74-42-17-15-39(16-18-42)45-33-61-52(56)51(62-45)48(67)29-40-32-58-23-20-46(40)64-24-26-72-27-25-64/h11-18,20,23,32-33,35-36,43-44H,4-10,19,21-22,24-31,34H2,1-3H3,(H2,56,61)(H,59,68)(H,63,70)(H3,57,60,71)/t36?,43-,44-/m0/s1. The number of amides is 4. The van der Waals surface area contributed by atoms with Crippen LogP contribution in [0.1, 0.15) is 106 Å². The third-order valence-electron chi connectivity index (χ3n) is 12.5. The molecule has 0 radical (unpaired) electrons. The second-order valence-corrected chi connectivity index (χ2v) is 19.2. The van der Waals surface area contributed by atoms with Crippen molar-refractivity contribution in [3.05, 3.63) is 95.6 Å². The van der Waals surface area contributed by atoms with Gasteiger partial charge in [-0.05, 0) is 86.4 Å². The fourth-order valence-electron chi connectivity index (χ4n) is 8.29. The summed E-state index contributed by atoms with van der Waals surface area (Å²) in [7, 11) is 0. The number of nitrogens with one attached hydrogen (secondary N) is 3. The van der Waals surface area contributed by atoms with Crippen LogP contribution in [0.3, 0.4) is 0 Å². The number of esters is 1. The van der Waals surface area contributed by atoms with Crippen molar-refractivity contribution in [2.45, 2.75) is 110 Å². The van der Waals surface area contributed by atoms with Gasteiger partial charge in [0.25, 0.3) is 0 Å². The van der Waals surface area contributed by atoms with E-state index < -0.39 is 24.0 Å². The van der Waals surface area contributed by atoms with Crippen LogP contribution in [-0.4, -0.2) is 113 Å². The van der Waals surface area contributed by atoms with Gasteiger partial charge in [0.05, 0.1) is 42.6 Å². The number of urea groups is 1. The molecule has 3 heterocycles. The first-order valence-corrected chi connectivity index (χ1v) is 26.3. The van der Waals surface area contributed by atoms with Gasteiger partial charge in [-0.1, -0.05) is 60.5 Å². The van der Waals surface area contributed by atoms with Crippen LogP contribution >= 0.6 is 15.9 Å². The molecule has 1 fully saturated rings. The molecular weight excluding hydrogens is 1010 g/mol. The number of nitrogen functional groups attached to an aromatic ring is 1. The fraction of sp³-hybridized carbons (Fsp3) is 0.481. The summed E-state index contributed by atoms with van der Waals surface area (Å²) in [6.07, 6.45) is 8.31. The summed E-state index contributed by atoms with van der Waals surface area (Å²) in [5, 5.41) is 8.43. The number of unbranched alkanes of at least 4 members (excludes halogenated alkanes) is 2. The number of anilines is 2. The summed E-state index contributed by atoms with van der Waals surface area (Å²) in [4.78, 5) is 105. The normalized spacial score (nSPS) is 13.6. The highest BCUT2D eigenvalue weighted by molar-refractivity contribution is 9.09. The van der Waals surface area contributed by atoms with Gasteiger partial charge in [0, 0.05) is 93.4 Å². The summed E-state index contributed by atoms with van der Waals surface area (Å²) in [6, 6.07) is 14.6. The minimum Gasteiger partial charge on any atom is -0.491 e. The summed E-state index contributed by atoms with van der Waals surface area (Å²) in [5.74, 6) is -1.60. The minimum atomic E-state index is -0.870. The molecule has 4 amide bonds. The number of benzene rings is 2. The molecule has 0 spiro atoms. The van der Waals surface area contributed by atoms with E-state index in [-0.39, 0.29) is 103 Å². The molecule has 20 heteroatoms. The zero-order valence-electron chi connectivity index (χ0n) is 42.6. The van der Waals surface area contributed by atoms with Crippen molar-refractivity contribution >= 4 is 68.6 Å². The Balaban J connectivity index is 1.06. The largest absolute Gasteiger partial charge is 0.491 e. The van der Waals surface area contributed by atoms with Gasteiger partial charge in [0.2, 0.25) is 11.8 Å². The van der Waals surface area contributed by atoms with Crippen LogP contribution in [0.15, 0.2) is 73.2 Å². The molecule has 1 aliphatic rings. The lowest BCUT2D eigenvalue weighted by atomic mass is 9.88. The Morgan fingerprint density at radius 3 is 2.24 bits per heavy atom. The number of nitrogens with zero attached hydrogens (tertiary/aromatic N) is 4. The van der Waals surface area contributed by atoms with Crippen molar-refractivity contribution in [2.24, 2.45) is 17.6 Å². The van der Waals surface area contributed by atoms with Gasteiger partial charge in [-0.2, -0.15) is 0 Å². The maximum Gasteiger partial charge on any atom is 0.312 e. The van der Waals surface area contributed by atoms with Gasteiger partial charge in [0.1, 0.15) is 23.8 Å². The molecule has 74 heavy (non-hydrogen) atoms. The molecule has 1 unspecified atom stereocenters. The number of alkyl halides is 1. The minimum absolute atomic E-state index is 0.0120. The Labute approximate surface area is 441 Å². The molecule has 0 aliphatic carbocycles. The Bertz CT molecular complexity index is 2500. The summed E-state index contributed by atoms with van der Waals surface area (Å²) >= 11 is 3.11. The molecular formula is C54H70BrN9O10. The van der Waals surface area contributed by atoms with E-state index in [1.807, 2.05) is 39.0 Å². The van der Waals surface area contributed by atoms with Gasteiger partial charge in [-0.3, -0.25) is 33.8 Å². The van der Waals surface area contributed by atoms with Crippen molar-refractivity contribution < 1.29 is 47.8 Å². The first kappa shape index (κ1) is 58.1. The van der Waals surface area contributed by atoms with Crippen LogP contribution < -0.4 is 37.1 Å². The van der Waals surface area contributed by atoms with Crippen molar-refractivity contribution in [3.63, 3.8) is 0 Å². The molecule has 4 aromatic rings. The Morgan fingerprint density at radius 2 is 1.54 bits per heavy atom. The van der Waals surface area contributed by atoms with E-state index in [4.69, 9.17) is 25.7 Å². The number of ketones is 3. The van der Waals surface area contributed by atoms with Gasteiger partial charge >= 0.3 is 12.0 Å². The number of ether oxygens (including phenoxy) is 3. The average Bonchev–Trinajstić information content (AvgIpc) is 3.39. The smallest absolute Gasteiger partial charge is 0.312 e. The molecule has 0 bridgehead atoms. The van der Waals surface area contributed by atoms with Crippen molar-refractivity contribution in [1.82, 2.24) is 30.9 Å². The van der Waals surface area contributed by atoms with E-state index >= 15 is 0 Å². The number of rotatable bonds is 31. The lowest BCUT2D eigenvalue weighted by Gasteiger charge is -2.30. The van der Waals surface area contributed by atoms with Crippen LogP contribution in [-0.2, 0) is 52.9 Å². The Hall–Kier alpha value is -6.80. The van der Waals surface area contributed by atoms with Gasteiger partial charge in [0.15, 0.2) is 17.4 Å². The van der Waals surface area contributed by atoms with Crippen molar-refractivity contribution in [1.29, 1.82) is 0 Å². The number of nitrogens with two attached hydrogens (primary N) is 2. The highest BCUT2D eigenvalue weighted by Crippen LogP contribution is 2.26. The molecule has 0 saturated carbocycles. The molecule has 2 aromatic carbocycles. The number of aromatic nitrogens is 3. The summed E-state index contributed by atoms with van der Waals surface area (Å²) in [6.45, 7) is 9.02. The molecule has 2 aromatic heterocycles.